The lowest BCUT2D eigenvalue weighted by molar-refractivity contribution is 1.25. The number of pyridine rings is 1. The van der Waals surface area contributed by atoms with Crippen molar-refractivity contribution in [2.24, 2.45) is 5.73 Å². The zero-order valence-corrected chi connectivity index (χ0v) is 5.96. The molecule has 0 saturated heterocycles. The van der Waals surface area contributed by atoms with E-state index in [-0.39, 0.29) is 0 Å². The number of rotatable bonds is 1. The Hall–Kier alpha value is -1.31. The number of nitrogens with zero attached hydrogens (tertiary/aromatic N) is 1. The summed E-state index contributed by atoms with van der Waals surface area (Å²) in [5.41, 5.74) is 8.10. The molecule has 0 aromatic carbocycles. The van der Waals surface area contributed by atoms with Crippen molar-refractivity contribution < 1.29 is 0 Å². The summed E-state index contributed by atoms with van der Waals surface area (Å²) in [5, 5.41) is 0. The molecule has 0 spiro atoms. The van der Waals surface area contributed by atoms with Crippen LogP contribution in [0.4, 0.5) is 0 Å². The van der Waals surface area contributed by atoms with Crippen molar-refractivity contribution in [3.8, 4) is 0 Å². The topological polar surface area (TPSA) is 38.9 Å². The molecule has 0 amide bonds. The summed E-state index contributed by atoms with van der Waals surface area (Å²) < 4.78 is 0. The Morgan fingerprint density at radius 2 is 2.40 bits per heavy atom. The molecule has 0 aliphatic rings. The normalized spacial score (nSPS) is 9.30. The number of hydrogen-bond donors (Lipinski definition) is 1. The molecule has 1 heterocycles. The molecule has 0 aliphatic heterocycles. The zero-order valence-electron chi connectivity index (χ0n) is 5.96. The summed E-state index contributed by atoms with van der Waals surface area (Å²) >= 11 is 0. The van der Waals surface area contributed by atoms with E-state index in [1.807, 2.05) is 13.0 Å². The third-order valence-electron chi connectivity index (χ3n) is 1.39. The van der Waals surface area contributed by atoms with Gasteiger partial charge in [-0.25, -0.2) is 0 Å². The highest BCUT2D eigenvalue weighted by Gasteiger charge is 1.95. The molecule has 0 unspecified atom stereocenters. The molecule has 0 aliphatic carbocycles. The van der Waals surface area contributed by atoms with Gasteiger partial charge in [-0.3, -0.25) is 4.98 Å². The number of hydrogen-bond acceptors (Lipinski definition) is 2. The van der Waals surface area contributed by atoms with Crippen LogP contribution >= 0.6 is 0 Å². The fourth-order valence-corrected chi connectivity index (χ4v) is 0.800. The van der Waals surface area contributed by atoms with Crippen molar-refractivity contribution >= 4 is 5.70 Å². The maximum absolute atomic E-state index is 5.48. The average molecular weight is 134 g/mol. The third kappa shape index (κ3) is 1.16. The molecule has 0 atom stereocenters. The molecule has 0 saturated carbocycles. The van der Waals surface area contributed by atoms with E-state index >= 15 is 0 Å². The van der Waals surface area contributed by atoms with Gasteiger partial charge in [-0.15, -0.1) is 0 Å². The minimum absolute atomic E-state index is 0.575. The van der Waals surface area contributed by atoms with E-state index < -0.39 is 0 Å². The molecule has 52 valence electrons. The van der Waals surface area contributed by atoms with Gasteiger partial charge < -0.3 is 5.73 Å². The highest BCUT2D eigenvalue weighted by atomic mass is 14.6. The Kier molecular flexibility index (Phi) is 1.71. The van der Waals surface area contributed by atoms with Crippen molar-refractivity contribution in [3.63, 3.8) is 0 Å². The fourth-order valence-electron chi connectivity index (χ4n) is 0.800. The summed E-state index contributed by atoms with van der Waals surface area (Å²) in [4.78, 5) is 3.93. The van der Waals surface area contributed by atoms with Gasteiger partial charge in [0.25, 0.3) is 0 Å². The lowest BCUT2D eigenvalue weighted by Gasteiger charge is -2.01. The molecular formula is C8H10N2. The van der Waals surface area contributed by atoms with Crippen molar-refractivity contribution in [3.05, 3.63) is 36.2 Å². The van der Waals surface area contributed by atoms with Crippen molar-refractivity contribution in [1.29, 1.82) is 0 Å². The Labute approximate surface area is 60.4 Å². The second-order valence-corrected chi connectivity index (χ2v) is 2.22. The quantitative estimate of drug-likeness (QED) is 0.629. The van der Waals surface area contributed by atoms with Crippen LogP contribution in [0.1, 0.15) is 11.1 Å². The molecule has 1 aromatic rings. The SMILES string of the molecule is C=C(N)c1cnccc1C. The average Bonchev–Trinajstić information content (AvgIpc) is 1.88. The van der Waals surface area contributed by atoms with Crippen LogP contribution in [0.2, 0.25) is 0 Å². The molecule has 2 nitrogen and oxygen atoms in total. The lowest BCUT2D eigenvalue weighted by atomic mass is 10.1. The Morgan fingerprint density at radius 3 is 2.80 bits per heavy atom. The second kappa shape index (κ2) is 2.52. The highest BCUT2D eigenvalue weighted by molar-refractivity contribution is 5.61. The van der Waals surface area contributed by atoms with Crippen LogP contribution in [-0.2, 0) is 0 Å². The first-order valence-corrected chi connectivity index (χ1v) is 3.07. The molecule has 2 N–H and O–H groups in total. The highest BCUT2D eigenvalue weighted by Crippen LogP contribution is 2.09. The first kappa shape index (κ1) is 6.81. The first-order chi connectivity index (χ1) is 4.72. The summed E-state index contributed by atoms with van der Waals surface area (Å²) in [6, 6.07) is 1.91. The molecule has 0 bridgehead atoms. The van der Waals surface area contributed by atoms with Gasteiger partial charge in [0.15, 0.2) is 0 Å². The zero-order chi connectivity index (χ0) is 7.56. The number of aromatic nitrogens is 1. The van der Waals surface area contributed by atoms with E-state index in [1.165, 1.54) is 0 Å². The third-order valence-corrected chi connectivity index (χ3v) is 1.39. The van der Waals surface area contributed by atoms with E-state index in [4.69, 9.17) is 5.73 Å². The lowest BCUT2D eigenvalue weighted by Crippen LogP contribution is -1.96. The van der Waals surface area contributed by atoms with Gasteiger partial charge in [0.05, 0.1) is 0 Å². The van der Waals surface area contributed by atoms with Crippen LogP contribution in [0.5, 0.6) is 0 Å². The van der Waals surface area contributed by atoms with Crippen LogP contribution in [0, 0.1) is 6.92 Å². The van der Waals surface area contributed by atoms with Gasteiger partial charge in [0, 0.05) is 23.7 Å². The predicted molar refractivity (Wildman–Crippen MR) is 42.2 cm³/mol. The summed E-state index contributed by atoms with van der Waals surface area (Å²) in [6.45, 7) is 5.61. The van der Waals surface area contributed by atoms with Gasteiger partial charge in [0.1, 0.15) is 0 Å². The van der Waals surface area contributed by atoms with Gasteiger partial charge in [-0.05, 0) is 18.6 Å². The van der Waals surface area contributed by atoms with E-state index in [0.29, 0.717) is 5.70 Å². The van der Waals surface area contributed by atoms with Gasteiger partial charge >= 0.3 is 0 Å². The maximum Gasteiger partial charge on any atom is 0.0363 e. The van der Waals surface area contributed by atoms with E-state index in [0.717, 1.165) is 11.1 Å². The van der Waals surface area contributed by atoms with Crippen LogP contribution in [0.3, 0.4) is 0 Å². The standard InChI is InChI=1S/C8H10N2/c1-6-3-4-10-5-8(6)7(2)9/h3-5H,2,9H2,1H3. The van der Waals surface area contributed by atoms with E-state index in [1.54, 1.807) is 12.4 Å². The van der Waals surface area contributed by atoms with Gasteiger partial charge in [-0.2, -0.15) is 0 Å². The van der Waals surface area contributed by atoms with Gasteiger partial charge in [-0.1, -0.05) is 6.58 Å². The first-order valence-electron chi connectivity index (χ1n) is 3.07. The second-order valence-electron chi connectivity index (χ2n) is 2.22. The van der Waals surface area contributed by atoms with Crippen LogP contribution in [0.25, 0.3) is 5.70 Å². The molecule has 2 heteroatoms. The van der Waals surface area contributed by atoms with Gasteiger partial charge in [0.2, 0.25) is 0 Å². The summed E-state index contributed by atoms with van der Waals surface area (Å²) in [6.07, 6.45) is 3.46. The maximum atomic E-state index is 5.48. The van der Waals surface area contributed by atoms with Crippen molar-refractivity contribution in [2.75, 3.05) is 0 Å². The van der Waals surface area contributed by atoms with Crippen molar-refractivity contribution in [2.45, 2.75) is 6.92 Å². The molecule has 0 fully saturated rings. The Morgan fingerprint density at radius 1 is 1.70 bits per heavy atom. The Balaban J connectivity index is 3.15. The minimum atomic E-state index is 0.575. The summed E-state index contributed by atoms with van der Waals surface area (Å²) in [5.74, 6) is 0. The molecule has 1 aromatic heterocycles. The number of nitrogens with two attached hydrogens (primary N) is 1. The van der Waals surface area contributed by atoms with Crippen molar-refractivity contribution in [1.82, 2.24) is 4.98 Å². The molecule has 10 heavy (non-hydrogen) atoms. The predicted octanol–water partition coefficient (Wildman–Crippen LogP) is 1.32. The summed E-state index contributed by atoms with van der Waals surface area (Å²) in [7, 11) is 0. The van der Waals surface area contributed by atoms with Crippen LogP contribution in [0.15, 0.2) is 25.0 Å². The molecule has 1 rings (SSSR count). The monoisotopic (exact) mass is 134 g/mol. The minimum Gasteiger partial charge on any atom is -0.399 e. The van der Waals surface area contributed by atoms with E-state index in [9.17, 15) is 0 Å². The smallest absolute Gasteiger partial charge is 0.0363 e. The van der Waals surface area contributed by atoms with Crippen LogP contribution < -0.4 is 5.73 Å². The number of aryl methyl sites for hydroxylation is 1. The fraction of sp³-hybridized carbons (Fsp3) is 0.125. The largest absolute Gasteiger partial charge is 0.399 e. The van der Waals surface area contributed by atoms with E-state index in [2.05, 4.69) is 11.6 Å². The molecule has 0 radical (unpaired) electrons. The Bertz CT molecular complexity index is 253. The van der Waals surface area contributed by atoms with Crippen LogP contribution in [-0.4, -0.2) is 4.98 Å². The molecular weight excluding hydrogens is 124 g/mol.